The second kappa shape index (κ2) is 25.5. The SMILES string of the molecule is CCCCCCCCCCCCCC(O)CCCCC(O)CC(=O)OCC(COOC(C)=O)OOC(C)=O. The first-order valence-electron chi connectivity index (χ1n) is 14.4. The molecule has 38 heavy (non-hydrogen) atoms. The lowest BCUT2D eigenvalue weighted by atomic mass is 10.0. The van der Waals surface area contributed by atoms with Gasteiger partial charge in [0.05, 0.1) is 18.6 Å². The number of hydrogen-bond donors (Lipinski definition) is 2. The van der Waals surface area contributed by atoms with Gasteiger partial charge in [0.25, 0.3) is 0 Å². The van der Waals surface area contributed by atoms with Crippen molar-refractivity contribution in [3.05, 3.63) is 0 Å². The molecule has 0 fully saturated rings. The molecule has 0 radical (unpaired) electrons. The number of rotatable bonds is 26. The van der Waals surface area contributed by atoms with Crippen LogP contribution in [0.15, 0.2) is 0 Å². The fraction of sp³-hybridized carbons (Fsp3) is 0.893. The molecule has 3 atom stereocenters. The summed E-state index contributed by atoms with van der Waals surface area (Å²) in [6.07, 6.45) is 15.1. The van der Waals surface area contributed by atoms with Gasteiger partial charge < -0.3 is 14.9 Å². The summed E-state index contributed by atoms with van der Waals surface area (Å²) in [6, 6.07) is 0. The number of aliphatic hydroxyl groups excluding tert-OH is 2. The maximum absolute atomic E-state index is 12.0. The Labute approximate surface area is 228 Å². The fourth-order valence-corrected chi connectivity index (χ4v) is 3.92. The van der Waals surface area contributed by atoms with Crippen molar-refractivity contribution >= 4 is 17.9 Å². The van der Waals surface area contributed by atoms with Gasteiger partial charge in [0.15, 0.2) is 6.10 Å². The molecule has 0 saturated carbocycles. The molecule has 0 aromatic rings. The third-order valence-electron chi connectivity index (χ3n) is 6.03. The largest absolute Gasteiger partial charge is 0.463 e. The Bertz CT molecular complexity index is 598. The second-order valence-corrected chi connectivity index (χ2v) is 9.96. The van der Waals surface area contributed by atoms with E-state index in [1.165, 1.54) is 57.8 Å². The maximum Gasteiger partial charge on any atom is 0.339 e. The minimum absolute atomic E-state index is 0.202. The van der Waals surface area contributed by atoms with Crippen LogP contribution >= 0.6 is 0 Å². The highest BCUT2D eigenvalue weighted by atomic mass is 17.2. The molecule has 0 aliphatic rings. The lowest BCUT2D eigenvalue weighted by Gasteiger charge is -2.16. The molecule has 0 heterocycles. The molecule has 0 amide bonds. The van der Waals surface area contributed by atoms with E-state index >= 15 is 0 Å². The summed E-state index contributed by atoms with van der Waals surface area (Å²) in [4.78, 5) is 51.8. The predicted molar refractivity (Wildman–Crippen MR) is 141 cm³/mol. The minimum atomic E-state index is -1.01. The highest BCUT2D eigenvalue weighted by Crippen LogP contribution is 2.15. The molecule has 0 aliphatic heterocycles. The van der Waals surface area contributed by atoms with E-state index in [2.05, 4.69) is 21.6 Å². The van der Waals surface area contributed by atoms with E-state index in [-0.39, 0.29) is 25.7 Å². The lowest BCUT2D eigenvalue weighted by Crippen LogP contribution is -2.29. The van der Waals surface area contributed by atoms with Gasteiger partial charge in [0, 0.05) is 13.8 Å². The highest BCUT2D eigenvalue weighted by molar-refractivity contribution is 5.70. The molecule has 0 aromatic heterocycles. The number of aliphatic hydroxyl groups is 2. The quantitative estimate of drug-likeness (QED) is 0.0637. The van der Waals surface area contributed by atoms with E-state index in [0.717, 1.165) is 39.5 Å². The van der Waals surface area contributed by atoms with Crippen LogP contribution in [0.2, 0.25) is 0 Å². The molecule has 0 saturated heterocycles. The number of carbonyl (C=O) groups is 3. The molecule has 0 bridgehead atoms. The molecule has 0 aromatic carbocycles. The Morgan fingerprint density at radius 2 is 1.11 bits per heavy atom. The van der Waals surface area contributed by atoms with E-state index in [9.17, 15) is 24.6 Å². The van der Waals surface area contributed by atoms with Gasteiger partial charge in [0.1, 0.15) is 13.2 Å². The summed E-state index contributed by atoms with van der Waals surface area (Å²) in [5.41, 5.74) is 0. The standard InChI is InChI=1S/C28H52O10/c1-4-5-6-7-8-9-10-11-12-13-14-17-25(31)18-15-16-19-26(32)20-28(33)34-21-27(38-37-24(3)30)22-35-36-23(2)29/h25-27,31-32H,4-22H2,1-3H3. The van der Waals surface area contributed by atoms with Crippen LogP contribution in [-0.2, 0) is 38.7 Å². The molecule has 224 valence electrons. The molecule has 0 aliphatic carbocycles. The monoisotopic (exact) mass is 548 g/mol. The van der Waals surface area contributed by atoms with E-state index in [0.29, 0.717) is 19.3 Å². The van der Waals surface area contributed by atoms with Gasteiger partial charge in [-0.2, -0.15) is 9.78 Å². The van der Waals surface area contributed by atoms with Gasteiger partial charge in [0.2, 0.25) is 0 Å². The molecule has 0 spiro atoms. The first kappa shape index (κ1) is 36.2. The summed E-state index contributed by atoms with van der Waals surface area (Å²) < 4.78 is 5.04. The van der Waals surface area contributed by atoms with Crippen LogP contribution in [0.1, 0.15) is 130 Å². The van der Waals surface area contributed by atoms with Crippen LogP contribution in [0.25, 0.3) is 0 Å². The molecular formula is C28H52O10. The fourth-order valence-electron chi connectivity index (χ4n) is 3.92. The Morgan fingerprint density at radius 3 is 1.63 bits per heavy atom. The van der Waals surface area contributed by atoms with Crippen molar-refractivity contribution in [2.24, 2.45) is 0 Å². The highest BCUT2D eigenvalue weighted by Gasteiger charge is 2.19. The average Bonchev–Trinajstić information content (AvgIpc) is 2.86. The minimum Gasteiger partial charge on any atom is -0.463 e. The number of unbranched alkanes of at least 4 members (excludes halogenated alkanes) is 11. The van der Waals surface area contributed by atoms with Crippen LogP contribution in [0.3, 0.4) is 0 Å². The van der Waals surface area contributed by atoms with E-state index in [4.69, 9.17) is 9.62 Å². The Balaban J connectivity index is 3.80. The number of carbonyl (C=O) groups excluding carboxylic acids is 3. The number of hydrogen-bond acceptors (Lipinski definition) is 10. The van der Waals surface area contributed by atoms with Gasteiger partial charge in [-0.1, -0.05) is 90.4 Å². The van der Waals surface area contributed by atoms with Gasteiger partial charge in [-0.3, -0.25) is 14.6 Å². The first-order chi connectivity index (χ1) is 18.2. The zero-order chi connectivity index (χ0) is 28.4. The number of ether oxygens (including phenoxy) is 1. The van der Waals surface area contributed by atoms with Crippen molar-refractivity contribution < 1.29 is 48.9 Å². The van der Waals surface area contributed by atoms with Crippen molar-refractivity contribution in [2.45, 2.75) is 148 Å². The molecule has 0 rings (SSSR count). The number of esters is 1. The van der Waals surface area contributed by atoms with Gasteiger partial charge >= 0.3 is 17.9 Å². The van der Waals surface area contributed by atoms with Crippen LogP contribution in [0.4, 0.5) is 0 Å². The Kier molecular flexibility index (Phi) is 24.3. The van der Waals surface area contributed by atoms with Crippen LogP contribution in [0, 0.1) is 0 Å². The second-order valence-electron chi connectivity index (χ2n) is 9.96. The summed E-state index contributed by atoms with van der Waals surface area (Å²) >= 11 is 0. The summed E-state index contributed by atoms with van der Waals surface area (Å²) in [7, 11) is 0. The molecule has 3 unspecified atom stereocenters. The predicted octanol–water partition coefficient (Wildman–Crippen LogP) is 5.26. The molecule has 2 N–H and O–H groups in total. The molecule has 10 heteroatoms. The normalized spacial score (nSPS) is 13.5. The van der Waals surface area contributed by atoms with Crippen LogP contribution in [0.5, 0.6) is 0 Å². The van der Waals surface area contributed by atoms with Gasteiger partial charge in [-0.15, -0.1) is 0 Å². The van der Waals surface area contributed by atoms with Crippen molar-refractivity contribution in [2.75, 3.05) is 13.2 Å². The zero-order valence-corrected chi connectivity index (χ0v) is 23.8. The summed E-state index contributed by atoms with van der Waals surface area (Å²) in [6.45, 7) is 3.86. The van der Waals surface area contributed by atoms with Crippen molar-refractivity contribution in [3.8, 4) is 0 Å². The van der Waals surface area contributed by atoms with Gasteiger partial charge in [-0.05, 0) is 19.3 Å². The molecular weight excluding hydrogens is 496 g/mol. The van der Waals surface area contributed by atoms with Crippen molar-refractivity contribution in [1.29, 1.82) is 0 Å². The Morgan fingerprint density at radius 1 is 0.632 bits per heavy atom. The van der Waals surface area contributed by atoms with E-state index < -0.39 is 30.1 Å². The van der Waals surface area contributed by atoms with Crippen LogP contribution in [-0.4, -0.2) is 59.6 Å². The maximum atomic E-state index is 12.0. The van der Waals surface area contributed by atoms with Crippen LogP contribution < -0.4 is 0 Å². The Hall–Kier alpha value is -1.75. The topological polar surface area (TPSA) is 138 Å². The van der Waals surface area contributed by atoms with Crippen molar-refractivity contribution in [1.82, 2.24) is 0 Å². The third-order valence-corrected chi connectivity index (χ3v) is 6.03. The van der Waals surface area contributed by atoms with Crippen molar-refractivity contribution in [3.63, 3.8) is 0 Å². The van der Waals surface area contributed by atoms with E-state index in [1.54, 1.807) is 0 Å². The van der Waals surface area contributed by atoms with E-state index in [1.807, 2.05) is 0 Å². The average molecular weight is 549 g/mol. The smallest absolute Gasteiger partial charge is 0.339 e. The first-order valence-corrected chi connectivity index (χ1v) is 14.4. The summed E-state index contributed by atoms with van der Waals surface area (Å²) in [5, 5.41) is 20.3. The zero-order valence-electron chi connectivity index (χ0n) is 23.8. The lowest BCUT2D eigenvalue weighted by molar-refractivity contribution is -0.339. The van der Waals surface area contributed by atoms with Gasteiger partial charge in [-0.25, -0.2) is 9.59 Å². The summed E-state index contributed by atoms with van der Waals surface area (Å²) in [5.74, 6) is -2.05. The molecule has 10 nitrogen and oxygen atoms in total. The third kappa shape index (κ3) is 25.9.